The number of hydrogen-bond donors (Lipinski definition) is 0. The fraction of sp³-hybridized carbons (Fsp3) is 0.136. The van der Waals surface area contributed by atoms with E-state index in [0.29, 0.717) is 5.75 Å². The van der Waals surface area contributed by atoms with Gasteiger partial charge in [-0.25, -0.2) is 4.98 Å². The minimum Gasteiger partial charge on any atom is -0.497 e. The Hall–Kier alpha value is -3.30. The van der Waals surface area contributed by atoms with Gasteiger partial charge in [0, 0.05) is 23.4 Å². The number of nitro benzene ring substituents is 1. The predicted molar refractivity (Wildman–Crippen MR) is 123 cm³/mol. The van der Waals surface area contributed by atoms with E-state index in [0.717, 1.165) is 43.2 Å². The Morgan fingerprint density at radius 2 is 1.90 bits per heavy atom. The molecule has 9 heteroatoms. The minimum absolute atomic E-state index is 0.0890. The maximum atomic E-state index is 10.7. The fourth-order valence-electron chi connectivity index (χ4n) is 2.90. The zero-order chi connectivity index (χ0) is 21.8. The lowest BCUT2D eigenvalue weighted by Crippen LogP contribution is -1.91. The van der Waals surface area contributed by atoms with Crippen molar-refractivity contribution in [1.29, 1.82) is 0 Å². The van der Waals surface area contributed by atoms with Crippen molar-refractivity contribution in [2.24, 2.45) is 0 Å². The Balaban J connectivity index is 1.46. The smallest absolute Gasteiger partial charge is 0.269 e. The number of methoxy groups -OCH3 is 1. The number of rotatable bonds is 7. The highest BCUT2D eigenvalue weighted by Crippen LogP contribution is 2.35. The fourth-order valence-corrected chi connectivity index (χ4v) is 4.70. The van der Waals surface area contributed by atoms with Crippen LogP contribution in [-0.4, -0.2) is 27.2 Å². The molecule has 0 saturated carbocycles. The summed E-state index contributed by atoms with van der Waals surface area (Å²) in [5, 5.41) is 21.2. The Morgan fingerprint density at radius 3 is 2.58 bits per heavy atom. The van der Waals surface area contributed by atoms with E-state index in [1.54, 1.807) is 30.6 Å². The number of non-ortho nitro benzene ring substituents is 1. The lowest BCUT2D eigenvalue weighted by Gasteiger charge is -2.02. The Labute approximate surface area is 187 Å². The van der Waals surface area contributed by atoms with Gasteiger partial charge in [-0.2, -0.15) is 0 Å². The van der Waals surface area contributed by atoms with Crippen LogP contribution in [0.3, 0.4) is 0 Å². The summed E-state index contributed by atoms with van der Waals surface area (Å²) in [6, 6.07) is 18.2. The quantitative estimate of drug-likeness (QED) is 0.200. The Bertz CT molecular complexity index is 1210. The van der Waals surface area contributed by atoms with Gasteiger partial charge in [0.05, 0.1) is 22.6 Å². The molecule has 0 fully saturated rings. The topological polar surface area (TPSA) is 91.0 Å². The number of benzene rings is 2. The second kappa shape index (κ2) is 9.23. The summed E-state index contributed by atoms with van der Waals surface area (Å²) in [6.45, 7) is 1.97. The molecular formula is C22H18N4O3S2. The van der Waals surface area contributed by atoms with E-state index in [1.807, 2.05) is 43.3 Å². The van der Waals surface area contributed by atoms with E-state index in [1.165, 1.54) is 23.9 Å². The van der Waals surface area contributed by atoms with Crippen molar-refractivity contribution in [3.05, 3.63) is 82.0 Å². The normalized spacial score (nSPS) is 10.8. The lowest BCUT2D eigenvalue weighted by molar-refractivity contribution is -0.384. The first-order valence-electron chi connectivity index (χ1n) is 9.35. The molecule has 0 amide bonds. The van der Waals surface area contributed by atoms with Crippen molar-refractivity contribution in [3.8, 4) is 26.9 Å². The van der Waals surface area contributed by atoms with Gasteiger partial charge in [-0.1, -0.05) is 36.0 Å². The number of thioether (sulfide) groups is 1. The first-order valence-corrected chi connectivity index (χ1v) is 11.2. The van der Waals surface area contributed by atoms with Gasteiger partial charge in [0.15, 0.2) is 0 Å². The molecule has 0 atom stereocenters. The first-order chi connectivity index (χ1) is 15.0. The zero-order valence-corrected chi connectivity index (χ0v) is 18.4. The molecule has 0 N–H and O–H groups in total. The van der Waals surface area contributed by atoms with E-state index in [4.69, 9.17) is 9.72 Å². The standard InChI is InChI=1S/C22H18N4O3S2/c1-14-21(31-22(23-14)16-4-3-5-18(12-16)29-2)19-10-11-20(25-24-19)30-13-15-6-8-17(9-7-15)26(27)28/h3-12H,13H2,1-2H3. The first kappa shape index (κ1) is 21.0. The van der Waals surface area contributed by atoms with Crippen molar-refractivity contribution in [3.63, 3.8) is 0 Å². The zero-order valence-electron chi connectivity index (χ0n) is 16.8. The van der Waals surface area contributed by atoms with Gasteiger partial charge in [0.25, 0.3) is 5.69 Å². The molecule has 4 rings (SSSR count). The number of nitrogens with zero attached hydrogens (tertiary/aromatic N) is 4. The number of ether oxygens (including phenoxy) is 1. The molecule has 0 saturated heterocycles. The number of thiazole rings is 1. The van der Waals surface area contributed by atoms with E-state index < -0.39 is 4.92 Å². The highest BCUT2D eigenvalue weighted by Gasteiger charge is 2.14. The van der Waals surface area contributed by atoms with Crippen molar-refractivity contribution >= 4 is 28.8 Å². The van der Waals surface area contributed by atoms with E-state index in [9.17, 15) is 10.1 Å². The largest absolute Gasteiger partial charge is 0.497 e. The molecule has 0 bridgehead atoms. The summed E-state index contributed by atoms with van der Waals surface area (Å²) >= 11 is 3.11. The van der Waals surface area contributed by atoms with Gasteiger partial charge in [-0.15, -0.1) is 21.5 Å². The molecule has 4 aromatic rings. The average molecular weight is 451 g/mol. The van der Waals surface area contributed by atoms with Crippen LogP contribution in [0.1, 0.15) is 11.3 Å². The van der Waals surface area contributed by atoms with Crippen LogP contribution in [0, 0.1) is 17.0 Å². The van der Waals surface area contributed by atoms with Gasteiger partial charge < -0.3 is 4.74 Å². The maximum Gasteiger partial charge on any atom is 0.269 e. The molecule has 0 unspecified atom stereocenters. The maximum absolute atomic E-state index is 10.7. The summed E-state index contributed by atoms with van der Waals surface area (Å²) in [6.07, 6.45) is 0. The van der Waals surface area contributed by atoms with Crippen LogP contribution in [0.4, 0.5) is 5.69 Å². The molecule has 156 valence electrons. The van der Waals surface area contributed by atoms with Crippen LogP contribution in [0.25, 0.3) is 21.1 Å². The highest BCUT2D eigenvalue weighted by atomic mass is 32.2. The molecule has 2 heterocycles. The van der Waals surface area contributed by atoms with E-state index >= 15 is 0 Å². The van der Waals surface area contributed by atoms with E-state index in [-0.39, 0.29) is 5.69 Å². The lowest BCUT2D eigenvalue weighted by atomic mass is 10.2. The molecule has 0 radical (unpaired) electrons. The Kier molecular flexibility index (Phi) is 6.24. The van der Waals surface area contributed by atoms with Crippen molar-refractivity contribution in [2.75, 3.05) is 7.11 Å². The summed E-state index contributed by atoms with van der Waals surface area (Å²) < 4.78 is 5.30. The third-order valence-corrected chi connectivity index (χ3v) is 6.74. The van der Waals surface area contributed by atoms with Gasteiger partial charge in [-0.3, -0.25) is 10.1 Å². The van der Waals surface area contributed by atoms with Crippen molar-refractivity contribution in [1.82, 2.24) is 15.2 Å². The summed E-state index contributed by atoms with van der Waals surface area (Å²) in [4.78, 5) is 16.0. The molecular weight excluding hydrogens is 432 g/mol. The van der Waals surface area contributed by atoms with Crippen LogP contribution < -0.4 is 4.74 Å². The molecule has 31 heavy (non-hydrogen) atoms. The second-order valence-electron chi connectivity index (χ2n) is 6.63. The van der Waals surface area contributed by atoms with Gasteiger partial charge in [-0.05, 0) is 36.8 Å². The number of hydrogen-bond acceptors (Lipinski definition) is 8. The van der Waals surface area contributed by atoms with E-state index in [2.05, 4.69) is 10.2 Å². The number of nitro groups is 1. The van der Waals surface area contributed by atoms with Gasteiger partial charge in [0.2, 0.25) is 0 Å². The summed E-state index contributed by atoms with van der Waals surface area (Å²) in [5.74, 6) is 1.45. The van der Waals surface area contributed by atoms with Crippen molar-refractivity contribution in [2.45, 2.75) is 17.7 Å². The third-order valence-electron chi connectivity index (χ3n) is 4.52. The number of aromatic nitrogens is 3. The van der Waals surface area contributed by atoms with Crippen LogP contribution in [0.15, 0.2) is 65.7 Å². The van der Waals surface area contributed by atoms with Crippen LogP contribution in [0.2, 0.25) is 0 Å². The van der Waals surface area contributed by atoms with Gasteiger partial charge in [0.1, 0.15) is 21.5 Å². The SMILES string of the molecule is COc1cccc(-c2nc(C)c(-c3ccc(SCc4ccc([N+](=O)[O-])cc4)nn3)s2)c1. The second-order valence-corrected chi connectivity index (χ2v) is 8.63. The molecule has 7 nitrogen and oxygen atoms in total. The molecule has 0 aliphatic rings. The average Bonchev–Trinajstić information content (AvgIpc) is 3.20. The molecule has 0 aliphatic carbocycles. The van der Waals surface area contributed by atoms with Crippen LogP contribution in [-0.2, 0) is 5.75 Å². The third kappa shape index (κ3) is 4.89. The highest BCUT2D eigenvalue weighted by molar-refractivity contribution is 7.98. The molecule has 2 aromatic heterocycles. The predicted octanol–water partition coefficient (Wildman–Crippen LogP) is 5.78. The summed E-state index contributed by atoms with van der Waals surface area (Å²) in [7, 11) is 1.65. The summed E-state index contributed by atoms with van der Waals surface area (Å²) in [5.41, 5.74) is 3.77. The Morgan fingerprint density at radius 1 is 1.10 bits per heavy atom. The molecule has 2 aromatic carbocycles. The molecule has 0 aliphatic heterocycles. The van der Waals surface area contributed by atoms with Crippen molar-refractivity contribution < 1.29 is 9.66 Å². The van der Waals surface area contributed by atoms with Crippen LogP contribution >= 0.6 is 23.1 Å². The van der Waals surface area contributed by atoms with Crippen LogP contribution in [0.5, 0.6) is 5.75 Å². The monoisotopic (exact) mass is 450 g/mol. The number of aryl methyl sites for hydroxylation is 1. The minimum atomic E-state index is -0.401. The van der Waals surface area contributed by atoms with Gasteiger partial charge >= 0.3 is 0 Å². The molecule has 0 spiro atoms.